The molecule has 2 aliphatic heterocycles. The highest BCUT2D eigenvalue weighted by molar-refractivity contribution is 7.17. The average Bonchev–Trinajstić information content (AvgIpc) is 2.86. The second-order valence-corrected chi connectivity index (χ2v) is 7.60. The van der Waals surface area contributed by atoms with Gasteiger partial charge in [0.2, 0.25) is 5.91 Å². The summed E-state index contributed by atoms with van der Waals surface area (Å²) < 4.78 is 5.87. The smallest absolute Gasteiger partial charge is 0.232 e. The fourth-order valence-corrected chi connectivity index (χ4v) is 5.21. The molecular formula is C15H16N2O3S. The Kier molecular flexibility index (Phi) is 2.42. The molecule has 1 aromatic heterocycles. The van der Waals surface area contributed by atoms with Crippen molar-refractivity contribution in [2.45, 2.75) is 44.3 Å². The van der Waals surface area contributed by atoms with Crippen molar-refractivity contribution >= 4 is 28.2 Å². The maximum Gasteiger partial charge on any atom is 0.232 e. The van der Waals surface area contributed by atoms with Crippen LogP contribution in [0.1, 0.15) is 41.0 Å². The summed E-state index contributed by atoms with van der Waals surface area (Å²) in [6.07, 6.45) is 4.82. The van der Waals surface area contributed by atoms with Gasteiger partial charge in [0.1, 0.15) is 0 Å². The highest BCUT2D eigenvalue weighted by Crippen LogP contribution is 2.60. The number of carbonyl (C=O) groups excluding carboxylic acids is 2. The second-order valence-electron chi connectivity index (χ2n) is 6.61. The highest BCUT2D eigenvalue weighted by Gasteiger charge is 2.64. The van der Waals surface area contributed by atoms with Gasteiger partial charge in [-0.25, -0.2) is 4.98 Å². The molecule has 1 N–H and O–H groups in total. The Bertz CT molecular complexity index is 655. The molecule has 3 fully saturated rings. The molecule has 0 aromatic carbocycles. The Morgan fingerprint density at radius 1 is 1.29 bits per heavy atom. The van der Waals surface area contributed by atoms with E-state index in [0.717, 1.165) is 35.8 Å². The van der Waals surface area contributed by atoms with Crippen molar-refractivity contribution in [3.05, 3.63) is 10.6 Å². The van der Waals surface area contributed by atoms with Gasteiger partial charge in [0.15, 0.2) is 10.9 Å². The third kappa shape index (κ3) is 1.75. The molecule has 0 radical (unpaired) electrons. The molecule has 5 nitrogen and oxygen atoms in total. The van der Waals surface area contributed by atoms with Gasteiger partial charge in [-0.15, -0.1) is 0 Å². The van der Waals surface area contributed by atoms with E-state index in [0.29, 0.717) is 23.6 Å². The Balaban J connectivity index is 1.34. The molecule has 6 heteroatoms. The van der Waals surface area contributed by atoms with Crippen LogP contribution in [0.2, 0.25) is 0 Å². The number of nitrogens with zero attached hydrogens (tertiary/aromatic N) is 1. The first-order valence-corrected chi connectivity index (χ1v) is 8.51. The zero-order valence-electron chi connectivity index (χ0n) is 11.5. The van der Waals surface area contributed by atoms with Crippen LogP contribution in [0.5, 0.6) is 0 Å². The van der Waals surface area contributed by atoms with Crippen molar-refractivity contribution in [2.24, 2.45) is 17.8 Å². The Hall–Kier alpha value is -1.27. The molecule has 2 saturated heterocycles. The van der Waals surface area contributed by atoms with E-state index < -0.39 is 0 Å². The van der Waals surface area contributed by atoms with E-state index in [1.165, 1.54) is 17.8 Å². The summed E-state index contributed by atoms with van der Waals surface area (Å²) in [6.45, 7) is 0. The Morgan fingerprint density at radius 3 is 2.95 bits per heavy atom. The molecule has 110 valence electrons. The summed E-state index contributed by atoms with van der Waals surface area (Å²) in [7, 11) is 0. The topological polar surface area (TPSA) is 68.3 Å². The van der Waals surface area contributed by atoms with Crippen LogP contribution in [0.15, 0.2) is 0 Å². The summed E-state index contributed by atoms with van der Waals surface area (Å²) in [4.78, 5) is 29.5. The number of aryl methyl sites for hydroxylation is 1. The van der Waals surface area contributed by atoms with E-state index in [1.54, 1.807) is 0 Å². The maximum atomic E-state index is 12.5. The number of hydrogen-bond acceptors (Lipinski definition) is 5. The van der Waals surface area contributed by atoms with Crippen LogP contribution in [0, 0.1) is 17.8 Å². The molecule has 5 atom stereocenters. The molecule has 21 heavy (non-hydrogen) atoms. The minimum Gasteiger partial charge on any atom is -0.374 e. The number of ketones is 1. The van der Waals surface area contributed by atoms with E-state index in [9.17, 15) is 9.59 Å². The predicted molar refractivity (Wildman–Crippen MR) is 76.4 cm³/mol. The van der Waals surface area contributed by atoms with Crippen LogP contribution in [0.4, 0.5) is 5.13 Å². The zero-order valence-corrected chi connectivity index (χ0v) is 12.3. The van der Waals surface area contributed by atoms with Gasteiger partial charge in [0.25, 0.3) is 0 Å². The number of nitrogens with one attached hydrogen (secondary N) is 1. The molecular weight excluding hydrogens is 288 g/mol. The number of Topliss-reactive ketones (excluding diaryl/α,β-unsaturated/α-hetero) is 1. The van der Waals surface area contributed by atoms with Crippen LogP contribution < -0.4 is 5.32 Å². The van der Waals surface area contributed by atoms with E-state index in [4.69, 9.17) is 4.74 Å². The molecule has 1 amide bonds. The number of thiazole rings is 1. The average molecular weight is 304 g/mol. The third-order valence-electron chi connectivity index (χ3n) is 5.34. The molecule has 0 spiro atoms. The van der Waals surface area contributed by atoms with Gasteiger partial charge in [-0.05, 0) is 37.5 Å². The maximum absolute atomic E-state index is 12.5. The first-order chi connectivity index (χ1) is 10.2. The lowest BCUT2D eigenvalue weighted by molar-refractivity contribution is -0.121. The first-order valence-electron chi connectivity index (χ1n) is 7.70. The molecule has 5 rings (SSSR count). The van der Waals surface area contributed by atoms with Gasteiger partial charge in [-0.1, -0.05) is 11.3 Å². The number of ether oxygens (including phenoxy) is 1. The predicted octanol–water partition coefficient (Wildman–Crippen LogP) is 2.02. The second kappa shape index (κ2) is 4.14. The number of fused-ring (bicyclic) bond motifs is 6. The van der Waals surface area contributed by atoms with Crippen LogP contribution in [-0.4, -0.2) is 28.9 Å². The quantitative estimate of drug-likeness (QED) is 0.907. The molecule has 2 bridgehead atoms. The standard InChI is InChI=1S/C15H16N2O3S/c18-10-3-1-2-9-13(10)21-15(16-9)17-14(19)8-5-11-6-4-7(6)12(8)20-11/h6-8,11-12H,1-5H2,(H,16,17,19)/t6-,7+,8-,11+,12+/m1/s1. The van der Waals surface area contributed by atoms with Gasteiger partial charge in [-0.2, -0.15) is 0 Å². The molecule has 3 heterocycles. The number of hydrogen-bond donors (Lipinski definition) is 1. The fraction of sp³-hybridized carbons (Fsp3) is 0.667. The molecule has 1 aromatic rings. The van der Waals surface area contributed by atoms with Crippen LogP contribution in [0.3, 0.4) is 0 Å². The minimum absolute atomic E-state index is 0.0198. The molecule has 1 saturated carbocycles. The lowest BCUT2D eigenvalue weighted by atomic mass is 9.88. The summed E-state index contributed by atoms with van der Waals surface area (Å²) in [5, 5.41) is 3.50. The first kappa shape index (κ1) is 12.3. The number of anilines is 1. The van der Waals surface area contributed by atoms with Crippen LogP contribution >= 0.6 is 11.3 Å². The lowest BCUT2D eigenvalue weighted by Gasteiger charge is -2.16. The number of carbonyl (C=O) groups is 2. The van der Waals surface area contributed by atoms with Crippen LogP contribution in [-0.2, 0) is 16.0 Å². The summed E-state index contributed by atoms with van der Waals surface area (Å²) >= 11 is 1.33. The van der Waals surface area contributed by atoms with E-state index >= 15 is 0 Å². The lowest BCUT2D eigenvalue weighted by Crippen LogP contribution is -2.32. The van der Waals surface area contributed by atoms with Gasteiger partial charge in [0.05, 0.1) is 28.7 Å². The monoisotopic (exact) mass is 304 g/mol. The normalized spacial score (nSPS) is 39.0. The number of amides is 1. The summed E-state index contributed by atoms with van der Waals surface area (Å²) in [6, 6.07) is 0. The largest absolute Gasteiger partial charge is 0.374 e. The SMILES string of the molecule is O=C1CCCc2nc(NC(=O)[C@@H]3C[C@@H]4O[C@H]3[C@H]3C[C@H]34)sc21. The van der Waals surface area contributed by atoms with Crippen molar-refractivity contribution in [3.8, 4) is 0 Å². The van der Waals surface area contributed by atoms with Crippen molar-refractivity contribution in [2.75, 3.05) is 5.32 Å². The molecule has 0 unspecified atom stereocenters. The fourth-order valence-electron chi connectivity index (χ4n) is 4.23. The number of aromatic nitrogens is 1. The van der Waals surface area contributed by atoms with Crippen molar-refractivity contribution in [1.82, 2.24) is 4.98 Å². The number of rotatable bonds is 2. The van der Waals surface area contributed by atoms with Crippen LogP contribution in [0.25, 0.3) is 0 Å². The summed E-state index contributed by atoms with van der Waals surface area (Å²) in [5.74, 6) is 1.49. The van der Waals surface area contributed by atoms with Gasteiger partial charge >= 0.3 is 0 Å². The highest BCUT2D eigenvalue weighted by atomic mass is 32.1. The third-order valence-corrected chi connectivity index (χ3v) is 6.39. The van der Waals surface area contributed by atoms with Gasteiger partial charge in [0, 0.05) is 6.42 Å². The van der Waals surface area contributed by atoms with E-state index in [1.807, 2.05) is 0 Å². The minimum atomic E-state index is -0.0321. The van der Waals surface area contributed by atoms with Crippen molar-refractivity contribution in [1.29, 1.82) is 0 Å². The van der Waals surface area contributed by atoms with E-state index in [2.05, 4.69) is 10.3 Å². The van der Waals surface area contributed by atoms with Gasteiger partial charge in [-0.3, -0.25) is 9.59 Å². The zero-order chi connectivity index (χ0) is 14.1. The van der Waals surface area contributed by atoms with Crippen molar-refractivity contribution < 1.29 is 14.3 Å². The molecule has 4 aliphatic rings. The summed E-state index contributed by atoms with van der Waals surface area (Å²) in [5.41, 5.74) is 0.859. The van der Waals surface area contributed by atoms with Crippen molar-refractivity contribution in [3.63, 3.8) is 0 Å². The van der Waals surface area contributed by atoms with E-state index in [-0.39, 0.29) is 23.7 Å². The Labute approximate surface area is 126 Å². The molecule has 2 aliphatic carbocycles. The van der Waals surface area contributed by atoms with Gasteiger partial charge < -0.3 is 10.1 Å². The Morgan fingerprint density at radius 2 is 2.19 bits per heavy atom.